The Balaban J connectivity index is 1.78. The lowest BCUT2D eigenvalue weighted by Gasteiger charge is -2.32. The minimum atomic E-state index is -0.212. The van der Waals surface area contributed by atoms with Gasteiger partial charge in [0.1, 0.15) is 6.10 Å². The minimum absolute atomic E-state index is 0.212. The molecular formula is C13H20O2. The lowest BCUT2D eigenvalue weighted by Crippen LogP contribution is -2.34. The molecule has 1 saturated carbocycles. The van der Waals surface area contributed by atoms with Gasteiger partial charge in [0, 0.05) is 12.8 Å². The van der Waals surface area contributed by atoms with Crippen LogP contribution in [0.2, 0.25) is 0 Å². The molecule has 0 N–H and O–H groups in total. The summed E-state index contributed by atoms with van der Waals surface area (Å²) in [6.07, 6.45) is 12.2. The molecule has 3 unspecified atom stereocenters. The molecule has 1 spiro atoms. The molecule has 2 nitrogen and oxygen atoms in total. The molecule has 0 radical (unpaired) electrons. The summed E-state index contributed by atoms with van der Waals surface area (Å²) in [5.41, 5.74) is 0. The van der Waals surface area contributed by atoms with Crippen molar-refractivity contribution in [2.75, 3.05) is 0 Å². The van der Waals surface area contributed by atoms with Gasteiger partial charge in [-0.1, -0.05) is 25.5 Å². The molecule has 3 atom stereocenters. The molecule has 0 amide bonds. The van der Waals surface area contributed by atoms with Crippen LogP contribution in [0.3, 0.4) is 0 Å². The van der Waals surface area contributed by atoms with Crippen molar-refractivity contribution >= 4 is 0 Å². The quantitative estimate of drug-likeness (QED) is 0.570. The first-order chi connectivity index (χ1) is 7.29. The van der Waals surface area contributed by atoms with E-state index in [1.54, 1.807) is 0 Å². The van der Waals surface area contributed by atoms with E-state index in [2.05, 4.69) is 19.1 Å². The highest BCUT2D eigenvalue weighted by atomic mass is 16.8. The normalized spacial score (nSPS) is 43.1. The van der Waals surface area contributed by atoms with Gasteiger partial charge in [-0.2, -0.15) is 0 Å². The number of fused-ring (bicyclic) bond motifs is 1. The first-order valence-electron chi connectivity index (χ1n) is 6.31. The van der Waals surface area contributed by atoms with Crippen LogP contribution in [0.5, 0.6) is 0 Å². The average molecular weight is 208 g/mol. The van der Waals surface area contributed by atoms with Crippen LogP contribution in [-0.4, -0.2) is 18.0 Å². The van der Waals surface area contributed by atoms with Crippen molar-refractivity contribution in [3.8, 4) is 0 Å². The van der Waals surface area contributed by atoms with Crippen molar-refractivity contribution in [3.63, 3.8) is 0 Å². The predicted molar refractivity (Wildman–Crippen MR) is 58.5 cm³/mol. The van der Waals surface area contributed by atoms with Gasteiger partial charge in [-0.25, -0.2) is 0 Å². The molecule has 0 aromatic heterocycles. The Kier molecular flexibility index (Phi) is 2.37. The fourth-order valence-electron chi connectivity index (χ4n) is 3.13. The van der Waals surface area contributed by atoms with Crippen LogP contribution in [0.1, 0.15) is 45.4 Å². The third kappa shape index (κ3) is 1.64. The molecule has 84 valence electrons. The standard InChI is InChI=1S/C13H20O2/c1-10-6-5-7-11-12(10)15-13(14-11)8-3-2-4-9-13/h5,7,10-12H,2-4,6,8-9H2,1H3. The van der Waals surface area contributed by atoms with Gasteiger partial charge >= 0.3 is 0 Å². The average Bonchev–Trinajstić information content (AvgIpc) is 2.59. The first-order valence-corrected chi connectivity index (χ1v) is 6.31. The molecule has 1 aliphatic heterocycles. The number of ether oxygens (including phenoxy) is 2. The van der Waals surface area contributed by atoms with Crippen molar-refractivity contribution in [1.82, 2.24) is 0 Å². The summed E-state index contributed by atoms with van der Waals surface area (Å²) in [5.74, 6) is 0.401. The maximum atomic E-state index is 6.23. The zero-order chi connectivity index (χ0) is 10.3. The van der Waals surface area contributed by atoms with Crippen LogP contribution in [0.15, 0.2) is 12.2 Å². The van der Waals surface area contributed by atoms with Gasteiger partial charge in [0.15, 0.2) is 5.79 Å². The van der Waals surface area contributed by atoms with E-state index in [0.717, 1.165) is 19.3 Å². The highest BCUT2D eigenvalue weighted by Gasteiger charge is 2.49. The zero-order valence-corrected chi connectivity index (χ0v) is 9.45. The number of hydrogen-bond acceptors (Lipinski definition) is 2. The van der Waals surface area contributed by atoms with E-state index in [9.17, 15) is 0 Å². The maximum Gasteiger partial charge on any atom is 0.169 e. The van der Waals surface area contributed by atoms with E-state index in [1.807, 2.05) is 0 Å². The highest BCUT2D eigenvalue weighted by Crippen LogP contribution is 2.44. The van der Waals surface area contributed by atoms with Gasteiger partial charge in [0.05, 0.1) is 6.10 Å². The lowest BCUT2D eigenvalue weighted by molar-refractivity contribution is -0.194. The van der Waals surface area contributed by atoms with Gasteiger partial charge in [-0.05, 0) is 25.2 Å². The molecule has 0 aromatic carbocycles. The summed E-state index contributed by atoms with van der Waals surface area (Å²) in [6, 6.07) is 0. The number of allylic oxidation sites excluding steroid dienone is 1. The van der Waals surface area contributed by atoms with Crippen LogP contribution < -0.4 is 0 Å². The second-order valence-electron chi connectivity index (χ2n) is 5.28. The molecule has 2 fully saturated rings. The molecule has 1 saturated heterocycles. The third-order valence-corrected chi connectivity index (χ3v) is 4.04. The molecule has 2 aliphatic carbocycles. The van der Waals surface area contributed by atoms with Crippen LogP contribution in [0.4, 0.5) is 0 Å². The van der Waals surface area contributed by atoms with E-state index < -0.39 is 0 Å². The van der Waals surface area contributed by atoms with Gasteiger partial charge in [0.25, 0.3) is 0 Å². The minimum Gasteiger partial charge on any atom is -0.343 e. The smallest absolute Gasteiger partial charge is 0.169 e. The summed E-state index contributed by atoms with van der Waals surface area (Å²) in [6.45, 7) is 2.27. The van der Waals surface area contributed by atoms with Crippen molar-refractivity contribution in [2.45, 2.75) is 63.4 Å². The number of rotatable bonds is 0. The van der Waals surface area contributed by atoms with Crippen molar-refractivity contribution in [1.29, 1.82) is 0 Å². The Morgan fingerprint density at radius 3 is 2.67 bits per heavy atom. The molecule has 15 heavy (non-hydrogen) atoms. The Morgan fingerprint density at radius 2 is 1.93 bits per heavy atom. The van der Waals surface area contributed by atoms with E-state index in [4.69, 9.17) is 9.47 Å². The van der Waals surface area contributed by atoms with Crippen molar-refractivity contribution in [3.05, 3.63) is 12.2 Å². The summed E-state index contributed by atoms with van der Waals surface area (Å²) in [5, 5.41) is 0. The molecule has 0 bridgehead atoms. The zero-order valence-electron chi connectivity index (χ0n) is 9.45. The fraction of sp³-hybridized carbons (Fsp3) is 0.846. The third-order valence-electron chi connectivity index (χ3n) is 4.04. The first kappa shape index (κ1) is 9.86. The second kappa shape index (κ2) is 3.60. The Bertz CT molecular complexity index is 266. The molecule has 3 rings (SSSR count). The van der Waals surface area contributed by atoms with E-state index in [1.165, 1.54) is 19.3 Å². The second-order valence-corrected chi connectivity index (χ2v) is 5.28. The Labute approximate surface area is 91.6 Å². The fourth-order valence-corrected chi connectivity index (χ4v) is 3.13. The number of hydrogen-bond donors (Lipinski definition) is 0. The molecule has 1 heterocycles. The summed E-state index contributed by atoms with van der Waals surface area (Å²) < 4.78 is 12.4. The summed E-state index contributed by atoms with van der Waals surface area (Å²) in [4.78, 5) is 0. The monoisotopic (exact) mass is 208 g/mol. The van der Waals surface area contributed by atoms with Crippen LogP contribution in [-0.2, 0) is 9.47 Å². The van der Waals surface area contributed by atoms with Gasteiger partial charge < -0.3 is 9.47 Å². The van der Waals surface area contributed by atoms with Crippen LogP contribution in [0, 0.1) is 5.92 Å². The predicted octanol–water partition coefficient (Wildman–Crippen LogP) is 3.03. The maximum absolute atomic E-state index is 6.23. The van der Waals surface area contributed by atoms with E-state index >= 15 is 0 Å². The lowest BCUT2D eigenvalue weighted by atomic mass is 9.91. The van der Waals surface area contributed by atoms with Gasteiger partial charge in [-0.3, -0.25) is 0 Å². The largest absolute Gasteiger partial charge is 0.343 e. The van der Waals surface area contributed by atoms with Crippen molar-refractivity contribution in [2.24, 2.45) is 5.92 Å². The SMILES string of the molecule is CC1CC=CC2OC3(CCCCC3)OC12. The Morgan fingerprint density at radius 1 is 1.13 bits per heavy atom. The van der Waals surface area contributed by atoms with Gasteiger partial charge in [0.2, 0.25) is 0 Å². The summed E-state index contributed by atoms with van der Waals surface area (Å²) in [7, 11) is 0. The van der Waals surface area contributed by atoms with Crippen molar-refractivity contribution < 1.29 is 9.47 Å². The topological polar surface area (TPSA) is 18.5 Å². The van der Waals surface area contributed by atoms with Gasteiger partial charge in [-0.15, -0.1) is 0 Å². The van der Waals surface area contributed by atoms with Crippen LogP contribution in [0.25, 0.3) is 0 Å². The summed E-state index contributed by atoms with van der Waals surface area (Å²) >= 11 is 0. The molecule has 0 aromatic rings. The molecule has 2 heteroatoms. The van der Waals surface area contributed by atoms with Crippen LogP contribution >= 0.6 is 0 Å². The highest BCUT2D eigenvalue weighted by molar-refractivity contribution is 5.06. The van der Waals surface area contributed by atoms with E-state index in [-0.39, 0.29) is 11.9 Å². The van der Waals surface area contributed by atoms with E-state index in [0.29, 0.717) is 12.0 Å². The molecular weight excluding hydrogens is 188 g/mol. The molecule has 3 aliphatic rings. The Hall–Kier alpha value is -0.340.